The predicted molar refractivity (Wildman–Crippen MR) is 78.7 cm³/mol. The molecule has 5 nitrogen and oxygen atoms in total. The lowest BCUT2D eigenvalue weighted by molar-refractivity contribution is -0.116. The van der Waals surface area contributed by atoms with Crippen LogP contribution in [0.3, 0.4) is 0 Å². The van der Waals surface area contributed by atoms with E-state index in [4.69, 9.17) is 0 Å². The number of nitrogens with zero attached hydrogens (tertiary/aromatic N) is 1. The van der Waals surface area contributed by atoms with E-state index < -0.39 is 0 Å². The third-order valence-electron chi connectivity index (χ3n) is 3.51. The number of hydrogen-bond donors (Lipinski definition) is 2. The third kappa shape index (κ3) is 3.73. The minimum Gasteiger partial charge on any atom is -0.335 e. The van der Waals surface area contributed by atoms with Crippen molar-refractivity contribution in [1.82, 2.24) is 10.2 Å². The van der Waals surface area contributed by atoms with Crippen LogP contribution in [0.4, 0.5) is 10.5 Å². The lowest BCUT2D eigenvalue weighted by atomic mass is 10.1. The van der Waals surface area contributed by atoms with Crippen LogP contribution in [-0.2, 0) is 4.79 Å². The molecule has 0 heterocycles. The molecule has 1 aromatic rings. The van der Waals surface area contributed by atoms with Gasteiger partial charge in [-0.25, -0.2) is 4.79 Å². The number of hydrogen-bond acceptors (Lipinski definition) is 2. The van der Waals surface area contributed by atoms with Crippen molar-refractivity contribution in [3.8, 4) is 0 Å². The van der Waals surface area contributed by atoms with Gasteiger partial charge in [-0.05, 0) is 43.9 Å². The molecule has 0 bridgehead atoms. The zero-order valence-corrected chi connectivity index (χ0v) is 12.2. The summed E-state index contributed by atoms with van der Waals surface area (Å²) in [6.07, 6.45) is 2.07. The average molecular weight is 275 g/mol. The fourth-order valence-corrected chi connectivity index (χ4v) is 1.88. The number of likely N-dealkylation sites (N-methyl/N-ethyl adjacent to an activating group) is 1. The van der Waals surface area contributed by atoms with Gasteiger partial charge in [0.1, 0.15) is 6.54 Å². The second kappa shape index (κ2) is 5.94. The van der Waals surface area contributed by atoms with Gasteiger partial charge < -0.3 is 15.5 Å². The van der Waals surface area contributed by atoms with E-state index in [1.54, 1.807) is 7.05 Å². The van der Waals surface area contributed by atoms with Crippen LogP contribution in [0.25, 0.3) is 0 Å². The molecule has 0 saturated heterocycles. The third-order valence-corrected chi connectivity index (χ3v) is 3.51. The number of benzene rings is 1. The summed E-state index contributed by atoms with van der Waals surface area (Å²) < 4.78 is 0. The molecule has 0 spiro atoms. The van der Waals surface area contributed by atoms with Crippen molar-refractivity contribution < 1.29 is 9.59 Å². The van der Waals surface area contributed by atoms with Crippen molar-refractivity contribution >= 4 is 17.6 Å². The van der Waals surface area contributed by atoms with Gasteiger partial charge in [0.15, 0.2) is 0 Å². The topological polar surface area (TPSA) is 61.4 Å². The summed E-state index contributed by atoms with van der Waals surface area (Å²) in [5.41, 5.74) is 2.97. The Hall–Kier alpha value is -2.04. The van der Waals surface area contributed by atoms with E-state index in [9.17, 15) is 9.59 Å². The van der Waals surface area contributed by atoms with Crippen molar-refractivity contribution in [1.29, 1.82) is 0 Å². The van der Waals surface area contributed by atoms with Gasteiger partial charge in [0.25, 0.3) is 0 Å². The number of aryl methyl sites for hydroxylation is 1. The molecule has 0 radical (unpaired) electrons. The quantitative estimate of drug-likeness (QED) is 0.883. The molecule has 1 aliphatic rings. The molecule has 108 valence electrons. The van der Waals surface area contributed by atoms with E-state index in [2.05, 4.69) is 10.6 Å². The van der Waals surface area contributed by atoms with Gasteiger partial charge in [0.2, 0.25) is 5.91 Å². The molecule has 3 amide bonds. The Labute approximate surface area is 119 Å². The molecule has 2 N–H and O–H groups in total. The largest absolute Gasteiger partial charge is 0.335 e. The minimum absolute atomic E-state index is 0.0476. The van der Waals surface area contributed by atoms with Crippen molar-refractivity contribution in [2.24, 2.45) is 0 Å². The van der Waals surface area contributed by atoms with Gasteiger partial charge in [-0.1, -0.05) is 12.1 Å². The SMILES string of the molecule is Cc1cccc(NC(=O)CN(C)C(=O)NC2CC2)c1C. The zero-order valence-electron chi connectivity index (χ0n) is 12.2. The van der Waals surface area contributed by atoms with E-state index in [-0.39, 0.29) is 18.5 Å². The first-order valence-corrected chi connectivity index (χ1v) is 6.85. The number of carbonyl (C=O) groups is 2. The second-order valence-electron chi connectivity index (χ2n) is 5.38. The number of carbonyl (C=O) groups excluding carboxylic acids is 2. The number of nitrogens with one attached hydrogen (secondary N) is 2. The average Bonchev–Trinajstić information content (AvgIpc) is 3.18. The summed E-state index contributed by atoms with van der Waals surface area (Å²) in [5.74, 6) is -0.188. The summed E-state index contributed by atoms with van der Waals surface area (Å²) in [6, 6.07) is 5.88. The van der Waals surface area contributed by atoms with Crippen LogP contribution in [0.15, 0.2) is 18.2 Å². The van der Waals surface area contributed by atoms with E-state index in [1.807, 2.05) is 32.0 Å². The Balaban J connectivity index is 1.88. The highest BCUT2D eigenvalue weighted by Crippen LogP contribution is 2.19. The fourth-order valence-electron chi connectivity index (χ4n) is 1.88. The Morgan fingerprint density at radius 2 is 2.00 bits per heavy atom. The van der Waals surface area contributed by atoms with Crippen LogP contribution >= 0.6 is 0 Å². The van der Waals surface area contributed by atoms with E-state index in [1.165, 1.54) is 4.90 Å². The van der Waals surface area contributed by atoms with Gasteiger partial charge >= 0.3 is 6.03 Å². The van der Waals surface area contributed by atoms with Crippen LogP contribution in [-0.4, -0.2) is 36.5 Å². The molecule has 0 aromatic heterocycles. The van der Waals surface area contributed by atoms with Crippen molar-refractivity contribution in [3.05, 3.63) is 29.3 Å². The molecule has 0 unspecified atom stereocenters. The first-order chi connectivity index (χ1) is 9.47. The van der Waals surface area contributed by atoms with Crippen LogP contribution in [0.1, 0.15) is 24.0 Å². The smallest absolute Gasteiger partial charge is 0.317 e. The number of rotatable bonds is 4. The molecule has 0 atom stereocenters. The van der Waals surface area contributed by atoms with Gasteiger partial charge in [-0.3, -0.25) is 4.79 Å². The summed E-state index contributed by atoms with van der Waals surface area (Å²) in [7, 11) is 1.63. The van der Waals surface area contributed by atoms with Crippen LogP contribution in [0, 0.1) is 13.8 Å². The molecule has 1 fully saturated rings. The number of urea groups is 1. The molecule has 1 aliphatic carbocycles. The standard InChI is InChI=1S/C15H21N3O2/c1-10-5-4-6-13(11(10)2)17-14(19)9-18(3)15(20)16-12-7-8-12/h4-6,12H,7-9H2,1-3H3,(H,16,20)(H,17,19). The molecular weight excluding hydrogens is 254 g/mol. The zero-order chi connectivity index (χ0) is 14.7. The lowest BCUT2D eigenvalue weighted by Gasteiger charge is -2.18. The fraction of sp³-hybridized carbons (Fsp3) is 0.467. The normalized spacial score (nSPS) is 13.8. The Kier molecular flexibility index (Phi) is 4.27. The highest BCUT2D eigenvalue weighted by atomic mass is 16.2. The highest BCUT2D eigenvalue weighted by molar-refractivity contribution is 5.95. The van der Waals surface area contributed by atoms with E-state index in [0.29, 0.717) is 6.04 Å². The first kappa shape index (κ1) is 14.4. The minimum atomic E-state index is -0.191. The van der Waals surface area contributed by atoms with Gasteiger partial charge in [-0.2, -0.15) is 0 Å². The highest BCUT2D eigenvalue weighted by Gasteiger charge is 2.25. The van der Waals surface area contributed by atoms with Gasteiger partial charge in [0, 0.05) is 18.8 Å². The predicted octanol–water partition coefficient (Wildman–Crippen LogP) is 2.05. The van der Waals surface area contributed by atoms with Crippen molar-refractivity contribution in [3.63, 3.8) is 0 Å². The monoisotopic (exact) mass is 275 g/mol. The molecule has 1 saturated carbocycles. The van der Waals surface area contributed by atoms with Crippen molar-refractivity contribution in [2.45, 2.75) is 32.7 Å². The molecule has 5 heteroatoms. The lowest BCUT2D eigenvalue weighted by Crippen LogP contribution is -2.42. The van der Waals surface area contributed by atoms with Gasteiger partial charge in [0.05, 0.1) is 0 Å². The summed E-state index contributed by atoms with van der Waals surface area (Å²) in [4.78, 5) is 25.1. The molecule has 20 heavy (non-hydrogen) atoms. The van der Waals surface area contributed by atoms with Crippen LogP contribution in [0.2, 0.25) is 0 Å². The van der Waals surface area contributed by atoms with E-state index in [0.717, 1.165) is 29.7 Å². The molecule has 2 rings (SSSR count). The number of amides is 3. The molecule has 0 aliphatic heterocycles. The van der Waals surface area contributed by atoms with Crippen LogP contribution in [0.5, 0.6) is 0 Å². The summed E-state index contributed by atoms with van der Waals surface area (Å²) in [5, 5.41) is 5.70. The first-order valence-electron chi connectivity index (χ1n) is 6.85. The summed E-state index contributed by atoms with van der Waals surface area (Å²) in [6.45, 7) is 4.01. The maximum atomic E-state index is 12.0. The van der Waals surface area contributed by atoms with E-state index >= 15 is 0 Å². The number of anilines is 1. The van der Waals surface area contributed by atoms with Gasteiger partial charge in [-0.15, -0.1) is 0 Å². The molecular formula is C15H21N3O2. The molecule has 1 aromatic carbocycles. The maximum absolute atomic E-state index is 12.0. The second-order valence-corrected chi connectivity index (χ2v) is 5.38. The Bertz CT molecular complexity index is 524. The maximum Gasteiger partial charge on any atom is 0.317 e. The Morgan fingerprint density at radius 1 is 1.30 bits per heavy atom. The van der Waals surface area contributed by atoms with Crippen LogP contribution < -0.4 is 10.6 Å². The van der Waals surface area contributed by atoms with Crippen molar-refractivity contribution in [2.75, 3.05) is 18.9 Å². The summed E-state index contributed by atoms with van der Waals surface area (Å²) >= 11 is 0. The Morgan fingerprint density at radius 3 is 2.65 bits per heavy atom.